The molecule has 1 atom stereocenters. The molecule has 1 aromatic carbocycles. The fourth-order valence-corrected chi connectivity index (χ4v) is 5.08. The summed E-state index contributed by atoms with van der Waals surface area (Å²) in [5.74, 6) is 1.26. The van der Waals surface area contributed by atoms with Crippen molar-refractivity contribution in [2.24, 2.45) is 0 Å². The van der Waals surface area contributed by atoms with Gasteiger partial charge in [0.2, 0.25) is 0 Å². The molecular weight excluding hydrogens is 314 g/mol. The fourth-order valence-electron chi connectivity index (χ4n) is 2.24. The van der Waals surface area contributed by atoms with Crippen LogP contribution in [0.4, 0.5) is 17.1 Å². The van der Waals surface area contributed by atoms with E-state index in [1.54, 1.807) is 29.8 Å². The number of rotatable bonds is 4. The van der Waals surface area contributed by atoms with Gasteiger partial charge in [-0.25, -0.2) is 8.42 Å². The van der Waals surface area contributed by atoms with Crippen molar-refractivity contribution in [3.8, 4) is 0 Å². The van der Waals surface area contributed by atoms with Crippen molar-refractivity contribution in [2.45, 2.75) is 5.37 Å². The Morgan fingerprint density at radius 1 is 1.43 bits per heavy atom. The van der Waals surface area contributed by atoms with Gasteiger partial charge in [0.15, 0.2) is 9.84 Å². The molecule has 1 aliphatic rings. The fraction of sp³-hybridized carbons (Fsp3) is 0.500. The topological polar surface area (TPSA) is 92.6 Å². The first-order chi connectivity index (χ1) is 9.82. The Morgan fingerprint density at radius 2 is 2.14 bits per heavy atom. The molecule has 0 saturated carbocycles. The van der Waals surface area contributed by atoms with E-state index in [-0.39, 0.29) is 5.69 Å². The zero-order valence-corrected chi connectivity index (χ0v) is 13.4. The van der Waals surface area contributed by atoms with Gasteiger partial charge in [-0.1, -0.05) is 0 Å². The molecule has 1 unspecified atom stereocenters. The molecule has 1 heterocycles. The van der Waals surface area contributed by atoms with E-state index in [0.29, 0.717) is 23.7 Å². The number of anilines is 2. The number of nitro benzene ring substituents is 1. The lowest BCUT2D eigenvalue weighted by atomic mass is 10.2. The Kier molecular flexibility index (Phi) is 4.62. The van der Waals surface area contributed by atoms with E-state index in [4.69, 9.17) is 0 Å². The van der Waals surface area contributed by atoms with Gasteiger partial charge in [0.1, 0.15) is 5.37 Å². The summed E-state index contributed by atoms with van der Waals surface area (Å²) in [6.45, 7) is 0.548. The Morgan fingerprint density at radius 3 is 2.71 bits per heavy atom. The van der Waals surface area contributed by atoms with Gasteiger partial charge < -0.3 is 10.2 Å². The number of nitro groups is 1. The van der Waals surface area contributed by atoms with E-state index in [0.717, 1.165) is 5.75 Å². The van der Waals surface area contributed by atoms with Crippen LogP contribution in [0.3, 0.4) is 0 Å². The minimum Gasteiger partial charge on any atom is -0.388 e. The highest BCUT2D eigenvalue weighted by atomic mass is 32.2. The first-order valence-corrected chi connectivity index (χ1v) is 9.44. The van der Waals surface area contributed by atoms with Gasteiger partial charge in [-0.15, -0.1) is 0 Å². The lowest BCUT2D eigenvalue weighted by molar-refractivity contribution is -0.384. The molecule has 1 N–H and O–H groups in total. The molecule has 0 aromatic heterocycles. The maximum absolute atomic E-state index is 11.9. The van der Waals surface area contributed by atoms with Crippen molar-refractivity contribution in [1.82, 2.24) is 0 Å². The summed E-state index contributed by atoms with van der Waals surface area (Å²) in [6, 6.07) is 4.59. The minimum absolute atomic E-state index is 0.0534. The van der Waals surface area contributed by atoms with Crippen LogP contribution in [0.25, 0.3) is 0 Å². The molecule has 1 saturated heterocycles. The summed E-state index contributed by atoms with van der Waals surface area (Å²) >= 11 is 1.58. The third kappa shape index (κ3) is 3.59. The average Bonchev–Trinajstić information content (AvgIpc) is 2.45. The number of thioether (sulfide) groups is 1. The van der Waals surface area contributed by atoms with Crippen LogP contribution in [0, 0.1) is 10.1 Å². The Balaban J connectivity index is 2.47. The summed E-state index contributed by atoms with van der Waals surface area (Å²) in [5, 5.41) is 13.2. The second kappa shape index (κ2) is 6.10. The molecule has 2 rings (SSSR count). The van der Waals surface area contributed by atoms with E-state index in [9.17, 15) is 18.5 Å². The van der Waals surface area contributed by atoms with E-state index in [2.05, 4.69) is 5.32 Å². The molecule has 0 bridgehead atoms. The van der Waals surface area contributed by atoms with Crippen molar-refractivity contribution in [3.63, 3.8) is 0 Å². The third-order valence-corrected chi connectivity index (χ3v) is 5.96. The van der Waals surface area contributed by atoms with E-state index < -0.39 is 20.1 Å². The number of nitrogens with zero attached hydrogens (tertiary/aromatic N) is 2. The summed E-state index contributed by atoms with van der Waals surface area (Å²) in [7, 11) is -1.59. The molecule has 116 valence electrons. The van der Waals surface area contributed by atoms with Crippen LogP contribution in [-0.4, -0.2) is 50.1 Å². The predicted molar refractivity (Wildman–Crippen MR) is 85.9 cm³/mol. The van der Waals surface area contributed by atoms with Gasteiger partial charge in [-0.3, -0.25) is 10.1 Å². The highest BCUT2D eigenvalue weighted by Crippen LogP contribution is 2.32. The lowest BCUT2D eigenvalue weighted by Crippen LogP contribution is -2.47. The second-order valence-electron chi connectivity index (χ2n) is 4.80. The van der Waals surface area contributed by atoms with Crippen molar-refractivity contribution in [3.05, 3.63) is 28.3 Å². The number of benzene rings is 1. The summed E-state index contributed by atoms with van der Waals surface area (Å²) < 4.78 is 23.9. The maximum Gasteiger partial charge on any atom is 0.273 e. The number of sulfone groups is 1. The summed E-state index contributed by atoms with van der Waals surface area (Å²) in [4.78, 5) is 12.3. The highest BCUT2D eigenvalue weighted by molar-refractivity contribution is 8.01. The van der Waals surface area contributed by atoms with Gasteiger partial charge in [0.25, 0.3) is 5.69 Å². The zero-order chi connectivity index (χ0) is 15.6. The van der Waals surface area contributed by atoms with Crippen LogP contribution in [0.2, 0.25) is 0 Å². The van der Waals surface area contributed by atoms with Gasteiger partial charge >= 0.3 is 0 Å². The molecule has 1 aromatic rings. The first-order valence-electron chi connectivity index (χ1n) is 6.33. The number of nitrogens with one attached hydrogen (secondary N) is 1. The van der Waals surface area contributed by atoms with Crippen LogP contribution in [-0.2, 0) is 9.84 Å². The van der Waals surface area contributed by atoms with Crippen molar-refractivity contribution >= 4 is 38.7 Å². The summed E-state index contributed by atoms with van der Waals surface area (Å²) in [6.07, 6.45) is 1.20. The Bertz CT molecular complexity index is 648. The maximum atomic E-state index is 11.9. The number of hydrogen-bond donors (Lipinski definition) is 1. The molecule has 21 heavy (non-hydrogen) atoms. The highest BCUT2D eigenvalue weighted by Gasteiger charge is 2.32. The molecule has 1 fully saturated rings. The molecule has 0 amide bonds. The molecule has 7 nitrogen and oxygen atoms in total. The average molecular weight is 331 g/mol. The van der Waals surface area contributed by atoms with Crippen LogP contribution < -0.4 is 10.2 Å². The smallest absolute Gasteiger partial charge is 0.273 e. The van der Waals surface area contributed by atoms with E-state index in [1.807, 2.05) is 0 Å². The molecule has 1 aliphatic heterocycles. The molecule has 9 heteroatoms. The molecule has 0 aliphatic carbocycles. The molecule has 0 radical (unpaired) electrons. The van der Waals surface area contributed by atoms with Crippen LogP contribution >= 0.6 is 11.8 Å². The zero-order valence-electron chi connectivity index (χ0n) is 11.8. The second-order valence-corrected chi connectivity index (χ2v) is 8.15. The lowest BCUT2D eigenvalue weighted by Gasteiger charge is -2.35. The summed E-state index contributed by atoms with van der Waals surface area (Å²) in [5.41, 5.74) is 1.09. The number of non-ortho nitro benzene ring substituents is 1. The quantitative estimate of drug-likeness (QED) is 0.661. The van der Waals surface area contributed by atoms with Crippen molar-refractivity contribution < 1.29 is 13.3 Å². The third-order valence-electron chi connectivity index (χ3n) is 3.31. The van der Waals surface area contributed by atoms with Crippen molar-refractivity contribution in [1.29, 1.82) is 0 Å². The Labute approximate surface area is 127 Å². The largest absolute Gasteiger partial charge is 0.388 e. The SMILES string of the molecule is CNc1cc(N2CCSCC2S(C)(=O)=O)cc([N+](=O)[O-])c1. The van der Waals surface area contributed by atoms with Crippen LogP contribution in [0.15, 0.2) is 18.2 Å². The van der Waals surface area contributed by atoms with Gasteiger partial charge in [-0.2, -0.15) is 11.8 Å². The van der Waals surface area contributed by atoms with Crippen molar-refractivity contribution in [2.75, 3.05) is 41.6 Å². The van der Waals surface area contributed by atoms with Gasteiger partial charge in [-0.05, 0) is 6.07 Å². The normalized spacial score (nSPS) is 19.3. The Hall–Kier alpha value is -1.48. The standard InChI is InChI=1S/C12H17N3O4S2/c1-13-9-5-10(7-11(6-9)15(16)17)14-3-4-20-8-12(14)21(2,18)19/h5-7,12-13H,3-4,8H2,1-2H3. The van der Waals surface area contributed by atoms with Gasteiger partial charge in [0.05, 0.1) is 4.92 Å². The minimum atomic E-state index is -3.26. The van der Waals surface area contributed by atoms with E-state index >= 15 is 0 Å². The monoisotopic (exact) mass is 331 g/mol. The van der Waals surface area contributed by atoms with Crippen LogP contribution in [0.5, 0.6) is 0 Å². The van der Waals surface area contributed by atoms with Gasteiger partial charge in [0, 0.05) is 54.9 Å². The molecule has 0 spiro atoms. The number of hydrogen-bond acceptors (Lipinski definition) is 7. The first kappa shape index (κ1) is 15.9. The predicted octanol–water partition coefficient (Wildman–Crippen LogP) is 1.56. The molecular formula is C12H17N3O4S2. The van der Waals surface area contributed by atoms with E-state index in [1.165, 1.54) is 18.4 Å². The van der Waals surface area contributed by atoms with Crippen LogP contribution in [0.1, 0.15) is 0 Å².